The summed E-state index contributed by atoms with van der Waals surface area (Å²) in [5.41, 5.74) is 4.43. The van der Waals surface area contributed by atoms with Gasteiger partial charge in [-0.1, -0.05) is 97.1 Å². The molecule has 0 fully saturated rings. The molecule has 0 amide bonds. The fraction of sp³-hybridized carbons (Fsp3) is 0. The van der Waals surface area contributed by atoms with E-state index in [1.807, 2.05) is 133 Å². The predicted octanol–water partition coefficient (Wildman–Crippen LogP) is 8.57. The van der Waals surface area contributed by atoms with Crippen molar-refractivity contribution in [2.24, 2.45) is 0 Å². The van der Waals surface area contributed by atoms with Crippen molar-refractivity contribution in [1.29, 1.82) is 0 Å². The lowest BCUT2D eigenvalue weighted by atomic mass is 10.1. The Labute approximate surface area is 225 Å². The first-order valence-electron chi connectivity index (χ1n) is 12.6. The van der Waals surface area contributed by atoms with Gasteiger partial charge < -0.3 is 9.47 Å². The molecule has 1 aliphatic rings. The Morgan fingerprint density at radius 1 is 0.462 bits per heavy atom. The van der Waals surface area contributed by atoms with Gasteiger partial charge in [0.2, 0.25) is 0 Å². The molecule has 39 heavy (non-hydrogen) atoms. The van der Waals surface area contributed by atoms with Crippen LogP contribution in [0.15, 0.2) is 133 Å². The smallest absolute Gasteiger partial charge is 0.326 e. The lowest BCUT2D eigenvalue weighted by molar-refractivity contribution is 0.441. The molecule has 7 rings (SSSR count). The highest BCUT2D eigenvalue weighted by molar-refractivity contribution is 5.88. The van der Waals surface area contributed by atoms with Crippen molar-refractivity contribution in [1.82, 2.24) is 15.0 Å². The van der Waals surface area contributed by atoms with Crippen molar-refractivity contribution in [3.8, 4) is 46.0 Å². The Hall–Kier alpha value is -5.49. The van der Waals surface area contributed by atoms with Gasteiger partial charge in [0.15, 0.2) is 28.9 Å². The van der Waals surface area contributed by atoms with Gasteiger partial charge in [0.1, 0.15) is 0 Å². The van der Waals surface area contributed by atoms with Crippen LogP contribution in [0.4, 0.5) is 17.1 Å². The third kappa shape index (κ3) is 4.34. The predicted molar refractivity (Wildman–Crippen MR) is 152 cm³/mol. The highest BCUT2D eigenvalue weighted by Crippen LogP contribution is 2.52. The molecule has 0 bridgehead atoms. The van der Waals surface area contributed by atoms with Gasteiger partial charge in [0.25, 0.3) is 0 Å². The Bertz CT molecular complexity index is 1670. The Kier molecular flexibility index (Phi) is 5.68. The number of fused-ring (bicyclic) bond motifs is 2. The molecule has 6 aromatic rings. The van der Waals surface area contributed by atoms with Crippen LogP contribution >= 0.6 is 0 Å². The van der Waals surface area contributed by atoms with E-state index in [0.29, 0.717) is 17.4 Å². The van der Waals surface area contributed by atoms with E-state index in [2.05, 4.69) is 4.90 Å². The van der Waals surface area contributed by atoms with Crippen molar-refractivity contribution in [2.75, 3.05) is 4.90 Å². The molecule has 5 aromatic carbocycles. The molecule has 1 aliphatic heterocycles. The second kappa shape index (κ2) is 9.76. The van der Waals surface area contributed by atoms with Gasteiger partial charge in [0, 0.05) is 11.1 Å². The van der Waals surface area contributed by atoms with E-state index in [4.69, 9.17) is 24.4 Å². The van der Waals surface area contributed by atoms with E-state index in [1.54, 1.807) is 0 Å². The van der Waals surface area contributed by atoms with Gasteiger partial charge >= 0.3 is 6.01 Å². The number of ether oxygens (including phenoxy) is 2. The summed E-state index contributed by atoms with van der Waals surface area (Å²) in [4.78, 5) is 16.3. The van der Waals surface area contributed by atoms with Crippen molar-refractivity contribution in [3.63, 3.8) is 0 Å². The lowest BCUT2D eigenvalue weighted by Gasteiger charge is -2.33. The zero-order chi connectivity index (χ0) is 26.0. The van der Waals surface area contributed by atoms with E-state index in [-0.39, 0.29) is 6.01 Å². The van der Waals surface area contributed by atoms with Crippen molar-refractivity contribution in [3.05, 3.63) is 133 Å². The number of benzene rings is 5. The molecule has 2 heterocycles. The molecule has 6 heteroatoms. The van der Waals surface area contributed by atoms with E-state index in [0.717, 1.165) is 39.7 Å². The molecular weight excluding hydrogens is 484 g/mol. The molecule has 1 aromatic heterocycles. The summed E-state index contributed by atoms with van der Waals surface area (Å²) in [7, 11) is 0. The van der Waals surface area contributed by atoms with Crippen LogP contribution in [0, 0.1) is 0 Å². The van der Waals surface area contributed by atoms with Crippen LogP contribution < -0.4 is 14.4 Å². The van der Waals surface area contributed by atoms with Gasteiger partial charge in [-0.05, 0) is 36.4 Å². The zero-order valence-electron chi connectivity index (χ0n) is 20.8. The lowest BCUT2D eigenvalue weighted by Crippen LogP contribution is -2.16. The third-order valence-corrected chi connectivity index (χ3v) is 6.42. The summed E-state index contributed by atoms with van der Waals surface area (Å²) in [6.07, 6.45) is 0. The maximum Gasteiger partial charge on any atom is 0.326 e. The summed E-state index contributed by atoms with van der Waals surface area (Å²) in [5, 5.41) is 0. The van der Waals surface area contributed by atoms with Gasteiger partial charge in [-0.25, -0.2) is 4.98 Å². The third-order valence-electron chi connectivity index (χ3n) is 6.42. The molecule has 186 valence electrons. The second-order valence-corrected chi connectivity index (χ2v) is 8.94. The van der Waals surface area contributed by atoms with Gasteiger partial charge in [-0.2, -0.15) is 9.97 Å². The molecule has 0 spiro atoms. The van der Waals surface area contributed by atoms with Gasteiger partial charge in [0.05, 0.1) is 17.1 Å². The van der Waals surface area contributed by atoms with Crippen LogP contribution in [0.1, 0.15) is 0 Å². The highest BCUT2D eigenvalue weighted by Gasteiger charge is 2.27. The zero-order valence-corrected chi connectivity index (χ0v) is 20.8. The minimum atomic E-state index is 0.213. The van der Waals surface area contributed by atoms with Crippen LogP contribution in [0.5, 0.6) is 23.3 Å². The van der Waals surface area contributed by atoms with Gasteiger partial charge in [-0.3, -0.25) is 4.90 Å². The maximum absolute atomic E-state index is 6.47. The monoisotopic (exact) mass is 506 g/mol. The first kappa shape index (κ1) is 22.7. The Morgan fingerprint density at radius 2 is 0.923 bits per heavy atom. The molecular formula is C33H22N4O2. The van der Waals surface area contributed by atoms with E-state index in [9.17, 15) is 0 Å². The number of nitrogens with zero attached hydrogens (tertiary/aromatic N) is 4. The molecule has 0 atom stereocenters. The standard InChI is InChI=1S/C33H22N4O2/c1-3-13-23(14-4-1)31-34-32(24-15-5-2-6-16-24)36-33(35-31)39-30-22-12-9-19-27(30)37-25-17-7-10-20-28(25)38-29-21-11-8-18-26(29)37/h1-22H. The van der Waals surface area contributed by atoms with Crippen molar-refractivity contribution >= 4 is 17.1 Å². The fourth-order valence-electron chi connectivity index (χ4n) is 4.63. The summed E-state index contributed by atoms with van der Waals surface area (Å²) >= 11 is 0. The minimum Gasteiger partial charge on any atom is -0.453 e. The molecule has 0 unspecified atom stereocenters. The molecule has 0 aliphatic carbocycles. The molecule has 6 nitrogen and oxygen atoms in total. The van der Waals surface area contributed by atoms with Crippen LogP contribution in [0.25, 0.3) is 22.8 Å². The van der Waals surface area contributed by atoms with Crippen LogP contribution in [-0.2, 0) is 0 Å². The van der Waals surface area contributed by atoms with E-state index >= 15 is 0 Å². The topological polar surface area (TPSA) is 60.4 Å². The Balaban J connectivity index is 1.36. The van der Waals surface area contributed by atoms with Crippen LogP contribution in [-0.4, -0.2) is 15.0 Å². The Morgan fingerprint density at radius 3 is 1.49 bits per heavy atom. The normalized spacial score (nSPS) is 11.7. The van der Waals surface area contributed by atoms with E-state index in [1.165, 1.54) is 0 Å². The summed E-state index contributed by atoms with van der Waals surface area (Å²) < 4.78 is 12.7. The number of rotatable bonds is 5. The highest BCUT2D eigenvalue weighted by atomic mass is 16.5. The summed E-state index contributed by atoms with van der Waals surface area (Å²) in [6.45, 7) is 0. The number of hydrogen-bond donors (Lipinski definition) is 0. The molecule has 0 saturated heterocycles. The van der Waals surface area contributed by atoms with Crippen LogP contribution in [0.3, 0.4) is 0 Å². The number of para-hydroxylation sites is 6. The number of aromatic nitrogens is 3. The van der Waals surface area contributed by atoms with E-state index < -0.39 is 0 Å². The molecule has 0 saturated carbocycles. The molecule has 0 N–H and O–H groups in total. The first-order chi connectivity index (χ1) is 19.3. The van der Waals surface area contributed by atoms with Crippen LogP contribution in [0.2, 0.25) is 0 Å². The average Bonchev–Trinajstić information content (AvgIpc) is 3.01. The summed E-state index contributed by atoms with van der Waals surface area (Å²) in [6, 6.07) is 43.7. The largest absolute Gasteiger partial charge is 0.453 e. The first-order valence-corrected chi connectivity index (χ1v) is 12.6. The fourth-order valence-corrected chi connectivity index (χ4v) is 4.63. The minimum absolute atomic E-state index is 0.213. The summed E-state index contributed by atoms with van der Waals surface area (Å²) in [5.74, 6) is 3.22. The number of hydrogen-bond acceptors (Lipinski definition) is 6. The van der Waals surface area contributed by atoms with Gasteiger partial charge in [-0.15, -0.1) is 0 Å². The average molecular weight is 507 g/mol. The van der Waals surface area contributed by atoms with Crippen molar-refractivity contribution in [2.45, 2.75) is 0 Å². The van der Waals surface area contributed by atoms with Crippen molar-refractivity contribution < 1.29 is 9.47 Å². The molecule has 0 radical (unpaired) electrons. The SMILES string of the molecule is c1ccc(-c2nc(Oc3ccccc3N3c4ccccc4Oc4ccccc43)nc(-c3ccccc3)n2)cc1. The second-order valence-electron chi connectivity index (χ2n) is 8.94. The number of anilines is 3. The maximum atomic E-state index is 6.47. The quantitative estimate of drug-likeness (QED) is 0.233.